The summed E-state index contributed by atoms with van der Waals surface area (Å²) < 4.78 is 0. The summed E-state index contributed by atoms with van der Waals surface area (Å²) in [6.45, 7) is 2.82. The van der Waals surface area contributed by atoms with Gasteiger partial charge in [-0.3, -0.25) is 4.90 Å². The summed E-state index contributed by atoms with van der Waals surface area (Å²) in [4.78, 5) is 15.7. The zero-order valence-electron chi connectivity index (χ0n) is 15.8. The third kappa shape index (κ3) is 4.12. The quantitative estimate of drug-likeness (QED) is 0.826. The first-order valence-electron chi connectivity index (χ1n) is 9.02. The predicted octanol–water partition coefficient (Wildman–Crippen LogP) is 2.52. The number of benzene rings is 1. The highest BCUT2D eigenvalue weighted by Gasteiger charge is 2.25. The van der Waals surface area contributed by atoms with Crippen molar-refractivity contribution in [3.05, 3.63) is 47.7 Å². The summed E-state index contributed by atoms with van der Waals surface area (Å²) in [6.07, 6.45) is 4.08. The molecule has 1 unspecified atom stereocenters. The molecule has 1 aromatic heterocycles. The molecule has 1 fully saturated rings. The molecule has 0 amide bonds. The lowest BCUT2D eigenvalue weighted by molar-refractivity contribution is 0.198. The lowest BCUT2D eigenvalue weighted by Gasteiger charge is -2.37. The molecular weight excluding hydrogens is 324 g/mol. The van der Waals surface area contributed by atoms with Gasteiger partial charge in [-0.25, -0.2) is 4.98 Å². The maximum atomic E-state index is 9.31. The second-order valence-corrected chi connectivity index (χ2v) is 7.02. The Bertz CT molecular complexity index is 782. The van der Waals surface area contributed by atoms with Gasteiger partial charge in [0, 0.05) is 46.5 Å². The summed E-state index contributed by atoms with van der Waals surface area (Å²) in [5, 5.41) is 9.31. The fraction of sp³-hybridized carbons (Fsp3) is 0.450. The Hall–Kier alpha value is -2.65. The molecule has 0 aliphatic carbocycles. The molecule has 0 saturated carbocycles. The second-order valence-electron chi connectivity index (χ2n) is 7.02. The summed E-state index contributed by atoms with van der Waals surface area (Å²) >= 11 is 0. The Kier molecular flexibility index (Phi) is 5.69. The van der Waals surface area contributed by atoms with E-state index >= 15 is 0 Å². The predicted molar refractivity (Wildman–Crippen MR) is 104 cm³/mol. The number of piperidine rings is 1. The number of likely N-dealkylation sites (N-methyl/N-ethyl adjacent to an activating group) is 1. The lowest BCUT2D eigenvalue weighted by atomic mass is 10.0. The van der Waals surface area contributed by atoms with Crippen LogP contribution in [0.15, 0.2) is 36.5 Å². The number of aromatic nitrogens is 2. The highest BCUT2D eigenvalue weighted by Crippen LogP contribution is 2.22. The smallest absolute Gasteiger partial charge is 0.227 e. The molecule has 0 spiro atoms. The molecule has 0 bridgehead atoms. The van der Waals surface area contributed by atoms with Crippen molar-refractivity contribution in [2.24, 2.45) is 0 Å². The van der Waals surface area contributed by atoms with Gasteiger partial charge in [0.2, 0.25) is 5.95 Å². The number of anilines is 2. The van der Waals surface area contributed by atoms with Crippen molar-refractivity contribution in [3.8, 4) is 6.07 Å². The van der Waals surface area contributed by atoms with Crippen molar-refractivity contribution in [1.82, 2.24) is 14.9 Å². The highest BCUT2D eigenvalue weighted by molar-refractivity contribution is 5.42. The number of hydrogen-bond donors (Lipinski definition) is 0. The van der Waals surface area contributed by atoms with Gasteiger partial charge in [-0.1, -0.05) is 18.2 Å². The van der Waals surface area contributed by atoms with E-state index in [9.17, 15) is 5.26 Å². The fourth-order valence-electron chi connectivity index (χ4n) is 3.42. The topological polar surface area (TPSA) is 59.3 Å². The highest BCUT2D eigenvalue weighted by atomic mass is 15.3. The molecule has 1 saturated heterocycles. The van der Waals surface area contributed by atoms with Gasteiger partial charge < -0.3 is 9.80 Å². The number of nitriles is 1. The first-order chi connectivity index (χ1) is 12.6. The normalized spacial score (nSPS) is 17.5. The van der Waals surface area contributed by atoms with Crippen LogP contribution in [0.3, 0.4) is 0 Å². The van der Waals surface area contributed by atoms with Crippen LogP contribution in [0.25, 0.3) is 0 Å². The van der Waals surface area contributed by atoms with E-state index in [0.717, 1.165) is 55.4 Å². The van der Waals surface area contributed by atoms with Crippen LogP contribution in [0.1, 0.15) is 24.0 Å². The summed E-state index contributed by atoms with van der Waals surface area (Å²) in [7, 11) is 6.05. The summed E-state index contributed by atoms with van der Waals surface area (Å²) in [5.74, 6) is 1.68. The third-order valence-electron chi connectivity index (χ3n) is 4.96. The first-order valence-corrected chi connectivity index (χ1v) is 9.02. The second kappa shape index (κ2) is 8.15. The zero-order valence-corrected chi connectivity index (χ0v) is 15.8. The van der Waals surface area contributed by atoms with Gasteiger partial charge in [0.25, 0.3) is 0 Å². The van der Waals surface area contributed by atoms with E-state index < -0.39 is 0 Å². The minimum absolute atomic E-state index is 0.371. The van der Waals surface area contributed by atoms with Crippen molar-refractivity contribution >= 4 is 11.8 Å². The molecule has 26 heavy (non-hydrogen) atoms. The average molecular weight is 350 g/mol. The molecule has 6 heteroatoms. The van der Waals surface area contributed by atoms with Crippen LogP contribution < -0.4 is 9.80 Å². The Morgan fingerprint density at radius 2 is 2.04 bits per heavy atom. The van der Waals surface area contributed by atoms with Crippen molar-refractivity contribution in [1.29, 1.82) is 5.26 Å². The molecule has 1 aromatic carbocycles. The number of hydrogen-bond acceptors (Lipinski definition) is 6. The minimum Gasteiger partial charge on any atom is -0.363 e. The first kappa shape index (κ1) is 18.2. The number of likely N-dealkylation sites (tertiary alicyclic amines) is 1. The minimum atomic E-state index is 0.371. The molecule has 1 atom stereocenters. The molecule has 1 aliphatic rings. The van der Waals surface area contributed by atoms with E-state index in [1.165, 1.54) is 0 Å². The maximum absolute atomic E-state index is 9.31. The van der Waals surface area contributed by atoms with E-state index in [-0.39, 0.29) is 0 Å². The third-order valence-corrected chi connectivity index (χ3v) is 4.96. The van der Waals surface area contributed by atoms with E-state index in [0.29, 0.717) is 6.04 Å². The number of rotatable bonds is 5. The Morgan fingerprint density at radius 1 is 1.23 bits per heavy atom. The molecular formula is C20H26N6. The Labute approximate surface area is 155 Å². The monoisotopic (exact) mass is 350 g/mol. The van der Waals surface area contributed by atoms with Crippen LogP contribution in [0.5, 0.6) is 0 Å². The molecule has 2 aromatic rings. The van der Waals surface area contributed by atoms with Crippen molar-refractivity contribution < 1.29 is 0 Å². The van der Waals surface area contributed by atoms with Gasteiger partial charge in [-0.2, -0.15) is 10.2 Å². The summed E-state index contributed by atoms with van der Waals surface area (Å²) in [5.41, 5.74) is 1.87. The van der Waals surface area contributed by atoms with Crippen LogP contribution in [0, 0.1) is 11.3 Å². The molecule has 136 valence electrons. The molecule has 1 aliphatic heterocycles. The van der Waals surface area contributed by atoms with Gasteiger partial charge in [0.1, 0.15) is 5.82 Å². The summed E-state index contributed by atoms with van der Waals surface area (Å²) in [6, 6.07) is 12.5. The van der Waals surface area contributed by atoms with Gasteiger partial charge in [-0.05, 0) is 37.1 Å². The fourth-order valence-corrected chi connectivity index (χ4v) is 3.42. The van der Waals surface area contributed by atoms with Crippen LogP contribution in [0.4, 0.5) is 11.8 Å². The molecule has 2 heterocycles. The van der Waals surface area contributed by atoms with E-state index in [1.807, 2.05) is 49.5 Å². The average Bonchev–Trinajstić information content (AvgIpc) is 2.68. The van der Waals surface area contributed by atoms with Gasteiger partial charge in [-0.15, -0.1) is 0 Å². The van der Waals surface area contributed by atoms with Crippen molar-refractivity contribution in [2.45, 2.75) is 25.4 Å². The molecule has 0 radical (unpaired) electrons. The molecule has 6 nitrogen and oxygen atoms in total. The van der Waals surface area contributed by atoms with E-state index in [2.05, 4.69) is 39.0 Å². The van der Waals surface area contributed by atoms with Crippen LogP contribution in [0.2, 0.25) is 0 Å². The molecule has 0 N–H and O–H groups in total. The number of nitrogens with zero attached hydrogens (tertiary/aromatic N) is 6. The van der Waals surface area contributed by atoms with Gasteiger partial charge in [0.15, 0.2) is 0 Å². The SMILES string of the molecule is CN(C)c1ccnc(N(C)C2CCCN(Cc3ccccc3C#N)C2)n1. The van der Waals surface area contributed by atoms with Crippen molar-refractivity contribution in [2.75, 3.05) is 44.0 Å². The largest absolute Gasteiger partial charge is 0.363 e. The lowest BCUT2D eigenvalue weighted by Crippen LogP contribution is -2.46. The Balaban J connectivity index is 1.70. The van der Waals surface area contributed by atoms with Crippen LogP contribution in [-0.2, 0) is 6.54 Å². The maximum Gasteiger partial charge on any atom is 0.227 e. The Morgan fingerprint density at radius 3 is 2.81 bits per heavy atom. The standard InChI is InChI=1S/C20H26N6/c1-24(2)19-10-11-22-20(23-19)25(3)18-9-6-12-26(15-18)14-17-8-5-4-7-16(17)13-21/h4-5,7-8,10-11,18H,6,9,12,14-15H2,1-3H3. The van der Waals surface area contributed by atoms with Crippen LogP contribution in [-0.4, -0.2) is 55.1 Å². The zero-order chi connectivity index (χ0) is 18.5. The van der Waals surface area contributed by atoms with E-state index in [4.69, 9.17) is 0 Å². The van der Waals surface area contributed by atoms with E-state index in [1.54, 1.807) is 0 Å². The van der Waals surface area contributed by atoms with Gasteiger partial charge in [0.05, 0.1) is 11.6 Å². The van der Waals surface area contributed by atoms with Gasteiger partial charge >= 0.3 is 0 Å². The molecule has 3 rings (SSSR count). The van der Waals surface area contributed by atoms with Crippen LogP contribution >= 0.6 is 0 Å². The van der Waals surface area contributed by atoms with Crippen molar-refractivity contribution in [3.63, 3.8) is 0 Å².